The summed E-state index contributed by atoms with van der Waals surface area (Å²) in [6.07, 6.45) is 9.20. The number of allylic oxidation sites excluding steroid dienone is 1. The first kappa shape index (κ1) is 21.8. The van der Waals surface area contributed by atoms with Gasteiger partial charge in [0, 0.05) is 67.4 Å². The van der Waals surface area contributed by atoms with E-state index in [4.69, 9.17) is 9.47 Å². The molecule has 0 spiro atoms. The second-order valence-electron chi connectivity index (χ2n) is 7.65. The molecule has 2 aliphatic heterocycles. The smallest absolute Gasteiger partial charge is 0.252 e. The molecule has 0 unspecified atom stereocenters. The second kappa shape index (κ2) is 9.84. The van der Waals surface area contributed by atoms with Crippen molar-refractivity contribution in [2.75, 3.05) is 40.1 Å². The van der Waals surface area contributed by atoms with Crippen LogP contribution in [0.4, 0.5) is 5.69 Å². The summed E-state index contributed by atoms with van der Waals surface area (Å²) < 4.78 is 12.5. The standard InChI is InChI=1S/C22H27N7O3/c1-15(4-5-23-14-29-6-8-32-9-7-29)21(30)27-19-10-17-20(26-19)18(12-24-22(17)31-3)16-11-25-28(2)13-16/h4-5,11-13H,6-10,14H2,1-3H3,(H,26,27,30)/b15-4+,23-5?. The number of amidine groups is 1. The highest BCUT2D eigenvalue weighted by atomic mass is 16.5. The van der Waals surface area contributed by atoms with E-state index >= 15 is 0 Å². The monoisotopic (exact) mass is 437 g/mol. The van der Waals surface area contributed by atoms with Gasteiger partial charge in [0.25, 0.3) is 5.91 Å². The van der Waals surface area contributed by atoms with Crippen LogP contribution < -0.4 is 10.1 Å². The molecule has 2 aliphatic rings. The highest BCUT2D eigenvalue weighted by Gasteiger charge is 2.25. The summed E-state index contributed by atoms with van der Waals surface area (Å²) in [4.78, 5) is 28.3. The van der Waals surface area contributed by atoms with Crippen LogP contribution in [0.3, 0.4) is 0 Å². The zero-order chi connectivity index (χ0) is 22.5. The van der Waals surface area contributed by atoms with E-state index in [9.17, 15) is 4.79 Å². The predicted octanol–water partition coefficient (Wildman–Crippen LogP) is 1.50. The fraction of sp³-hybridized carbons (Fsp3) is 0.409. The Morgan fingerprint density at radius 3 is 2.88 bits per heavy atom. The summed E-state index contributed by atoms with van der Waals surface area (Å²) in [6.45, 7) is 5.57. The molecular weight excluding hydrogens is 410 g/mol. The van der Waals surface area contributed by atoms with E-state index in [-0.39, 0.29) is 5.91 Å². The normalized spacial score (nSPS) is 16.8. The highest BCUT2D eigenvalue weighted by Crippen LogP contribution is 2.40. The van der Waals surface area contributed by atoms with Crippen molar-refractivity contribution in [1.29, 1.82) is 0 Å². The van der Waals surface area contributed by atoms with Crippen LogP contribution in [0.25, 0.3) is 11.1 Å². The maximum Gasteiger partial charge on any atom is 0.252 e. The third kappa shape index (κ3) is 4.92. The molecule has 2 aromatic heterocycles. The molecule has 1 amide bonds. The number of carbonyl (C=O) groups is 1. The van der Waals surface area contributed by atoms with Gasteiger partial charge in [-0.1, -0.05) is 0 Å². The lowest BCUT2D eigenvalue weighted by Gasteiger charge is -2.24. The molecule has 4 rings (SSSR count). The summed E-state index contributed by atoms with van der Waals surface area (Å²) in [7, 11) is 3.43. The molecule has 32 heavy (non-hydrogen) atoms. The zero-order valence-electron chi connectivity index (χ0n) is 18.5. The highest BCUT2D eigenvalue weighted by molar-refractivity contribution is 6.10. The first-order valence-corrected chi connectivity index (χ1v) is 10.5. The molecule has 10 nitrogen and oxygen atoms in total. The topological polar surface area (TPSA) is 106 Å². The van der Waals surface area contributed by atoms with E-state index in [1.807, 2.05) is 13.2 Å². The van der Waals surface area contributed by atoms with Crippen LogP contribution in [0, 0.1) is 0 Å². The lowest BCUT2D eigenvalue weighted by Crippen LogP contribution is -2.36. The number of pyridine rings is 1. The lowest BCUT2D eigenvalue weighted by molar-refractivity contribution is -0.116. The van der Waals surface area contributed by atoms with E-state index in [2.05, 4.69) is 30.3 Å². The van der Waals surface area contributed by atoms with E-state index < -0.39 is 0 Å². The molecule has 4 heterocycles. The SMILES string of the molecule is COc1ncc(-c2cnn(C)c2)c2c1CC(NC(=O)/C(C)=C/C=NCN1CCOCC1)=N2. The Kier molecular flexibility index (Phi) is 6.72. The molecular formula is C22H27N7O3. The summed E-state index contributed by atoms with van der Waals surface area (Å²) in [5.74, 6) is 0.840. The largest absolute Gasteiger partial charge is 0.481 e. The van der Waals surface area contributed by atoms with Gasteiger partial charge in [-0.2, -0.15) is 5.10 Å². The van der Waals surface area contributed by atoms with Gasteiger partial charge >= 0.3 is 0 Å². The quantitative estimate of drug-likeness (QED) is 0.542. The number of methoxy groups -OCH3 is 1. The molecule has 1 saturated heterocycles. The fourth-order valence-electron chi connectivity index (χ4n) is 3.55. The Bertz CT molecular complexity index is 1080. The maximum atomic E-state index is 12.6. The van der Waals surface area contributed by atoms with Gasteiger partial charge in [-0.15, -0.1) is 0 Å². The van der Waals surface area contributed by atoms with Gasteiger partial charge in [-0.3, -0.25) is 19.4 Å². The number of aromatic nitrogens is 3. The van der Waals surface area contributed by atoms with E-state index in [1.54, 1.807) is 43.4 Å². The zero-order valence-corrected chi connectivity index (χ0v) is 18.5. The van der Waals surface area contributed by atoms with Crippen molar-refractivity contribution in [1.82, 2.24) is 25.0 Å². The molecule has 0 aromatic carbocycles. The Hall–Kier alpha value is -3.37. The molecule has 2 aromatic rings. The van der Waals surface area contributed by atoms with E-state index in [0.29, 0.717) is 30.4 Å². The van der Waals surface area contributed by atoms with Gasteiger partial charge < -0.3 is 14.8 Å². The number of hydrogen-bond donors (Lipinski definition) is 1. The Balaban J connectivity index is 1.43. The van der Waals surface area contributed by atoms with Crippen molar-refractivity contribution >= 4 is 23.6 Å². The van der Waals surface area contributed by atoms with Crippen LogP contribution in [0.1, 0.15) is 12.5 Å². The number of morpholine rings is 1. The van der Waals surface area contributed by atoms with Crippen LogP contribution >= 0.6 is 0 Å². The molecule has 0 bridgehead atoms. The van der Waals surface area contributed by atoms with Crippen molar-refractivity contribution < 1.29 is 14.3 Å². The average Bonchev–Trinajstić information content (AvgIpc) is 3.42. The minimum Gasteiger partial charge on any atom is -0.481 e. The number of carbonyl (C=O) groups excluding carboxylic acids is 1. The minimum absolute atomic E-state index is 0.218. The Morgan fingerprint density at radius 2 is 2.16 bits per heavy atom. The number of ether oxygens (including phenoxy) is 2. The molecule has 0 atom stereocenters. The van der Waals surface area contributed by atoms with Crippen LogP contribution in [0.5, 0.6) is 5.88 Å². The van der Waals surface area contributed by atoms with Crippen molar-refractivity contribution in [3.63, 3.8) is 0 Å². The first-order chi connectivity index (χ1) is 15.5. The number of nitrogens with zero attached hydrogens (tertiary/aromatic N) is 6. The number of fused-ring (bicyclic) bond motifs is 1. The number of hydrogen-bond acceptors (Lipinski definition) is 8. The van der Waals surface area contributed by atoms with Gasteiger partial charge in [0.1, 0.15) is 5.84 Å². The number of aliphatic imine (C=N–C) groups is 2. The number of aryl methyl sites for hydroxylation is 1. The maximum absolute atomic E-state index is 12.6. The first-order valence-electron chi connectivity index (χ1n) is 10.5. The summed E-state index contributed by atoms with van der Waals surface area (Å²) >= 11 is 0. The number of nitrogens with one attached hydrogen (secondary N) is 1. The van der Waals surface area contributed by atoms with Crippen LogP contribution in [0.2, 0.25) is 0 Å². The van der Waals surface area contributed by atoms with Crippen LogP contribution in [0.15, 0.2) is 40.2 Å². The molecule has 1 fully saturated rings. The molecule has 1 N–H and O–H groups in total. The summed E-state index contributed by atoms with van der Waals surface area (Å²) in [5, 5.41) is 7.13. The van der Waals surface area contributed by atoms with Gasteiger partial charge in [0.15, 0.2) is 0 Å². The Labute approximate surface area is 186 Å². The fourth-order valence-corrected chi connectivity index (χ4v) is 3.55. The summed E-state index contributed by atoms with van der Waals surface area (Å²) in [5.41, 5.74) is 3.89. The minimum atomic E-state index is -0.218. The van der Waals surface area contributed by atoms with Gasteiger partial charge in [-0.05, 0) is 13.0 Å². The van der Waals surface area contributed by atoms with E-state index in [1.165, 1.54) is 0 Å². The van der Waals surface area contributed by atoms with Crippen molar-refractivity contribution in [2.45, 2.75) is 13.3 Å². The molecule has 0 aliphatic carbocycles. The Morgan fingerprint density at radius 1 is 1.34 bits per heavy atom. The van der Waals surface area contributed by atoms with Crippen LogP contribution in [-0.4, -0.2) is 77.7 Å². The van der Waals surface area contributed by atoms with E-state index in [0.717, 1.165) is 48.7 Å². The van der Waals surface area contributed by atoms with Crippen molar-refractivity contribution in [2.24, 2.45) is 17.0 Å². The third-order valence-electron chi connectivity index (χ3n) is 5.34. The van der Waals surface area contributed by atoms with Crippen molar-refractivity contribution in [3.8, 4) is 17.0 Å². The lowest BCUT2D eigenvalue weighted by atomic mass is 10.1. The van der Waals surface area contributed by atoms with Gasteiger partial charge in [0.2, 0.25) is 5.88 Å². The molecule has 0 radical (unpaired) electrons. The van der Waals surface area contributed by atoms with Gasteiger partial charge in [0.05, 0.1) is 38.9 Å². The molecule has 0 saturated carbocycles. The predicted molar refractivity (Wildman–Crippen MR) is 121 cm³/mol. The molecule has 168 valence electrons. The number of amides is 1. The summed E-state index contributed by atoms with van der Waals surface area (Å²) in [6, 6.07) is 0. The average molecular weight is 438 g/mol. The van der Waals surface area contributed by atoms with Crippen molar-refractivity contribution in [3.05, 3.63) is 35.8 Å². The molecule has 10 heteroatoms. The number of rotatable bonds is 6. The third-order valence-corrected chi connectivity index (χ3v) is 5.34. The van der Waals surface area contributed by atoms with Crippen LogP contribution in [-0.2, 0) is 23.0 Å². The second-order valence-corrected chi connectivity index (χ2v) is 7.65. The van der Waals surface area contributed by atoms with Gasteiger partial charge in [-0.25, -0.2) is 9.98 Å².